The third kappa shape index (κ3) is 14.2. The fraction of sp³-hybridized carbons (Fsp3) is 0.677. The Morgan fingerprint density at radius 1 is 0.821 bits per heavy atom. The van der Waals surface area contributed by atoms with E-state index >= 15 is 0 Å². The van der Waals surface area contributed by atoms with Gasteiger partial charge in [0.1, 0.15) is 6.04 Å². The van der Waals surface area contributed by atoms with Crippen molar-refractivity contribution in [2.24, 2.45) is 0 Å². The number of nitrogens with zero attached hydrogens (tertiary/aromatic N) is 1. The van der Waals surface area contributed by atoms with Crippen LogP contribution in [-0.4, -0.2) is 61.0 Å². The SMILES string of the molecule is CCCCCCCCCCCCOC(=O)CC1C(=O)NCCN1C(=O)CCC(=O)OCCCc1ccccc1. The average Bonchev–Trinajstić information content (AvgIpc) is 2.94. The summed E-state index contributed by atoms with van der Waals surface area (Å²) < 4.78 is 10.6. The summed E-state index contributed by atoms with van der Waals surface area (Å²) in [5.74, 6) is -1.62. The number of benzene rings is 1. The smallest absolute Gasteiger partial charge is 0.308 e. The molecule has 0 bridgehead atoms. The minimum Gasteiger partial charge on any atom is -0.466 e. The van der Waals surface area contributed by atoms with Crippen LogP contribution in [0, 0.1) is 0 Å². The lowest BCUT2D eigenvalue weighted by molar-refractivity contribution is -0.153. The largest absolute Gasteiger partial charge is 0.466 e. The number of rotatable bonds is 20. The van der Waals surface area contributed by atoms with Crippen LogP contribution in [0.15, 0.2) is 30.3 Å². The van der Waals surface area contributed by atoms with E-state index < -0.39 is 18.0 Å². The molecule has 1 unspecified atom stereocenters. The number of carbonyl (C=O) groups is 4. The molecule has 0 saturated carbocycles. The van der Waals surface area contributed by atoms with Crippen LogP contribution in [-0.2, 0) is 35.1 Å². The summed E-state index contributed by atoms with van der Waals surface area (Å²) >= 11 is 0. The van der Waals surface area contributed by atoms with Crippen LogP contribution in [0.1, 0.15) is 102 Å². The van der Waals surface area contributed by atoms with Gasteiger partial charge in [0.05, 0.1) is 26.1 Å². The Hall–Kier alpha value is -2.90. The molecule has 0 aliphatic carbocycles. The van der Waals surface area contributed by atoms with Gasteiger partial charge in [-0.15, -0.1) is 0 Å². The molecule has 1 N–H and O–H groups in total. The number of amides is 2. The fourth-order valence-electron chi connectivity index (χ4n) is 4.74. The van der Waals surface area contributed by atoms with E-state index in [0.29, 0.717) is 32.7 Å². The van der Waals surface area contributed by atoms with Crippen LogP contribution >= 0.6 is 0 Å². The van der Waals surface area contributed by atoms with E-state index in [4.69, 9.17) is 9.47 Å². The van der Waals surface area contributed by atoms with E-state index in [-0.39, 0.29) is 31.1 Å². The van der Waals surface area contributed by atoms with Crippen LogP contribution in [0.2, 0.25) is 0 Å². The van der Waals surface area contributed by atoms with Crippen LogP contribution in [0.5, 0.6) is 0 Å². The standard InChI is InChI=1S/C31H48N2O6/c1-2-3-4-5-6-7-8-9-10-14-23-39-30(36)25-27-31(37)32-21-22-33(27)28(34)19-20-29(35)38-24-15-18-26-16-12-11-13-17-26/h11-13,16-17,27H,2-10,14-15,18-25H2,1H3,(H,32,37). The highest BCUT2D eigenvalue weighted by atomic mass is 16.5. The van der Waals surface area contributed by atoms with E-state index in [9.17, 15) is 19.2 Å². The maximum absolute atomic E-state index is 12.8. The monoisotopic (exact) mass is 544 g/mol. The van der Waals surface area contributed by atoms with Crippen molar-refractivity contribution in [3.8, 4) is 0 Å². The fourth-order valence-corrected chi connectivity index (χ4v) is 4.74. The highest BCUT2D eigenvalue weighted by molar-refractivity contribution is 5.92. The summed E-state index contributed by atoms with van der Waals surface area (Å²) in [6, 6.07) is 9.05. The first kappa shape index (κ1) is 32.3. The van der Waals surface area contributed by atoms with E-state index in [1.165, 1.54) is 55.4 Å². The van der Waals surface area contributed by atoms with E-state index in [1.54, 1.807) is 0 Å². The van der Waals surface area contributed by atoms with Crippen LogP contribution in [0.3, 0.4) is 0 Å². The lowest BCUT2D eigenvalue weighted by Gasteiger charge is -2.34. The van der Waals surface area contributed by atoms with Gasteiger partial charge in [-0.2, -0.15) is 0 Å². The summed E-state index contributed by atoms with van der Waals surface area (Å²) in [6.45, 7) is 3.46. The van der Waals surface area contributed by atoms with Crippen molar-refractivity contribution >= 4 is 23.8 Å². The number of carbonyl (C=O) groups excluding carboxylic acids is 4. The lowest BCUT2D eigenvalue weighted by atomic mass is 10.1. The number of hydrogen-bond acceptors (Lipinski definition) is 6. The molecule has 1 aromatic carbocycles. The molecule has 1 fully saturated rings. The van der Waals surface area contributed by atoms with Crippen LogP contribution in [0.4, 0.5) is 0 Å². The molecule has 8 nitrogen and oxygen atoms in total. The number of nitrogens with one attached hydrogen (secondary N) is 1. The molecule has 1 heterocycles. The molecule has 1 aliphatic heterocycles. The van der Waals surface area contributed by atoms with Crippen molar-refractivity contribution in [2.45, 2.75) is 109 Å². The maximum Gasteiger partial charge on any atom is 0.308 e. The van der Waals surface area contributed by atoms with Crippen molar-refractivity contribution < 1.29 is 28.7 Å². The maximum atomic E-state index is 12.8. The van der Waals surface area contributed by atoms with Gasteiger partial charge >= 0.3 is 11.9 Å². The molecule has 218 valence electrons. The quantitative estimate of drug-likeness (QED) is 0.181. The summed E-state index contributed by atoms with van der Waals surface area (Å²) in [5, 5.41) is 2.71. The molecule has 8 heteroatoms. The van der Waals surface area contributed by atoms with E-state index in [1.807, 2.05) is 30.3 Å². The summed E-state index contributed by atoms with van der Waals surface area (Å²) in [4.78, 5) is 51.1. The van der Waals surface area contributed by atoms with Gasteiger partial charge in [0.2, 0.25) is 11.8 Å². The molecule has 0 aromatic heterocycles. The zero-order valence-electron chi connectivity index (χ0n) is 23.8. The molecule has 39 heavy (non-hydrogen) atoms. The Kier molecular flexibility index (Phi) is 16.6. The van der Waals surface area contributed by atoms with Crippen molar-refractivity contribution in [3.05, 3.63) is 35.9 Å². The van der Waals surface area contributed by atoms with Gasteiger partial charge in [-0.1, -0.05) is 95.0 Å². The zero-order valence-corrected chi connectivity index (χ0v) is 23.8. The average molecular weight is 545 g/mol. The predicted octanol–water partition coefficient (Wildman–Crippen LogP) is 5.12. The van der Waals surface area contributed by atoms with Crippen molar-refractivity contribution in [1.29, 1.82) is 0 Å². The highest BCUT2D eigenvalue weighted by Crippen LogP contribution is 2.14. The molecule has 0 radical (unpaired) electrons. The van der Waals surface area contributed by atoms with Crippen LogP contribution in [0.25, 0.3) is 0 Å². The molecular formula is C31H48N2O6. The molecular weight excluding hydrogens is 496 g/mol. The summed E-state index contributed by atoms with van der Waals surface area (Å²) in [7, 11) is 0. The van der Waals surface area contributed by atoms with Gasteiger partial charge in [-0.05, 0) is 24.8 Å². The third-order valence-electron chi connectivity index (χ3n) is 7.03. The second-order valence-corrected chi connectivity index (χ2v) is 10.3. The highest BCUT2D eigenvalue weighted by Gasteiger charge is 2.35. The van der Waals surface area contributed by atoms with Crippen molar-refractivity contribution in [2.75, 3.05) is 26.3 Å². The molecule has 1 saturated heterocycles. The minimum atomic E-state index is -0.909. The zero-order chi connectivity index (χ0) is 28.1. The third-order valence-corrected chi connectivity index (χ3v) is 7.03. The Balaban J connectivity index is 1.60. The molecule has 2 rings (SSSR count). The Bertz CT molecular complexity index is 860. The van der Waals surface area contributed by atoms with Gasteiger partial charge in [0, 0.05) is 19.5 Å². The molecule has 0 spiro atoms. The number of unbranched alkanes of at least 4 members (excludes halogenated alkanes) is 9. The molecule has 1 atom stereocenters. The second-order valence-electron chi connectivity index (χ2n) is 10.3. The Morgan fingerprint density at radius 2 is 1.44 bits per heavy atom. The number of piperazine rings is 1. The number of aryl methyl sites for hydroxylation is 1. The number of esters is 2. The first-order valence-electron chi connectivity index (χ1n) is 14.9. The Labute approximate surface area is 234 Å². The summed E-state index contributed by atoms with van der Waals surface area (Å²) in [5.41, 5.74) is 1.18. The predicted molar refractivity (Wildman–Crippen MR) is 151 cm³/mol. The summed E-state index contributed by atoms with van der Waals surface area (Å²) in [6.07, 6.45) is 13.2. The normalized spacial score (nSPS) is 15.1. The van der Waals surface area contributed by atoms with E-state index in [2.05, 4.69) is 12.2 Å². The van der Waals surface area contributed by atoms with Crippen molar-refractivity contribution in [3.63, 3.8) is 0 Å². The Morgan fingerprint density at radius 3 is 2.13 bits per heavy atom. The first-order valence-corrected chi connectivity index (χ1v) is 14.9. The van der Waals surface area contributed by atoms with Crippen LogP contribution < -0.4 is 5.32 Å². The second kappa shape index (κ2) is 20.1. The van der Waals surface area contributed by atoms with Gasteiger partial charge in [0.25, 0.3) is 0 Å². The topological polar surface area (TPSA) is 102 Å². The van der Waals surface area contributed by atoms with Gasteiger partial charge in [0.15, 0.2) is 0 Å². The minimum absolute atomic E-state index is 0.0573. The van der Waals surface area contributed by atoms with Gasteiger partial charge in [-0.25, -0.2) is 0 Å². The molecule has 1 aromatic rings. The van der Waals surface area contributed by atoms with Gasteiger partial charge < -0.3 is 19.7 Å². The number of ether oxygens (including phenoxy) is 2. The first-order chi connectivity index (χ1) is 19.0. The van der Waals surface area contributed by atoms with Crippen molar-refractivity contribution in [1.82, 2.24) is 10.2 Å². The molecule has 2 amide bonds. The molecule has 1 aliphatic rings. The van der Waals surface area contributed by atoms with E-state index in [0.717, 1.165) is 25.7 Å². The lowest BCUT2D eigenvalue weighted by Crippen LogP contribution is -2.57. The van der Waals surface area contributed by atoms with Gasteiger partial charge in [-0.3, -0.25) is 19.2 Å². The number of hydrogen-bond donors (Lipinski definition) is 1.